The Balaban J connectivity index is 1.90. The Morgan fingerprint density at radius 2 is 2.39 bits per heavy atom. The molecular weight excluding hydrogens is 250 g/mol. The molecule has 4 N–H and O–H groups in total. The van der Waals surface area contributed by atoms with Crippen LogP contribution in [-0.4, -0.2) is 24.9 Å². The van der Waals surface area contributed by atoms with Crippen LogP contribution in [0.2, 0.25) is 0 Å². The van der Waals surface area contributed by atoms with Crippen molar-refractivity contribution in [1.82, 2.24) is 5.32 Å². The van der Waals surface area contributed by atoms with Crippen LogP contribution in [0.15, 0.2) is 11.4 Å². The molecule has 98 valence electrons. The van der Waals surface area contributed by atoms with E-state index in [-0.39, 0.29) is 5.91 Å². The zero-order chi connectivity index (χ0) is 13.0. The Morgan fingerprint density at radius 3 is 3.06 bits per heavy atom. The van der Waals surface area contributed by atoms with E-state index in [2.05, 4.69) is 10.6 Å². The summed E-state index contributed by atoms with van der Waals surface area (Å²) in [6, 6.07) is 1.63. The van der Waals surface area contributed by atoms with Crippen molar-refractivity contribution >= 4 is 28.2 Å². The molecule has 1 aromatic rings. The number of thiophene rings is 1. The van der Waals surface area contributed by atoms with Crippen LogP contribution in [-0.2, 0) is 4.79 Å². The monoisotopic (exact) mass is 267 g/mol. The highest BCUT2D eigenvalue weighted by Gasteiger charge is 2.18. The van der Waals surface area contributed by atoms with Crippen molar-refractivity contribution in [2.75, 3.05) is 18.4 Å². The minimum Gasteiger partial charge on any atom is -0.366 e. The number of hydrogen-bond donors (Lipinski definition) is 3. The lowest BCUT2D eigenvalue weighted by atomic mass is 9.96. The Morgan fingerprint density at radius 1 is 1.56 bits per heavy atom. The van der Waals surface area contributed by atoms with Gasteiger partial charge in [0.25, 0.3) is 5.91 Å². The van der Waals surface area contributed by atoms with Gasteiger partial charge in [0.2, 0.25) is 5.91 Å². The number of carbonyl (C=O) groups is 2. The molecule has 6 heteroatoms. The zero-order valence-electron chi connectivity index (χ0n) is 10.1. The molecule has 0 radical (unpaired) electrons. The number of rotatable bonds is 4. The lowest BCUT2D eigenvalue weighted by molar-refractivity contribution is -0.117. The summed E-state index contributed by atoms with van der Waals surface area (Å²) in [4.78, 5) is 23.0. The molecule has 1 aromatic heterocycles. The smallest absolute Gasteiger partial charge is 0.251 e. The standard InChI is InChI=1S/C12H17N3O2S/c13-11(17)9-3-5-18-12(9)15-10(16)6-8-2-1-4-14-7-8/h3,5,8,14H,1-2,4,6-7H2,(H2,13,17)(H,15,16). The molecule has 1 aliphatic rings. The van der Waals surface area contributed by atoms with E-state index < -0.39 is 5.91 Å². The summed E-state index contributed by atoms with van der Waals surface area (Å²) in [7, 11) is 0. The number of nitrogens with one attached hydrogen (secondary N) is 2. The van der Waals surface area contributed by atoms with Gasteiger partial charge < -0.3 is 16.4 Å². The summed E-state index contributed by atoms with van der Waals surface area (Å²) in [5, 5.41) is 8.35. The lowest BCUT2D eigenvalue weighted by Crippen LogP contribution is -2.32. The van der Waals surface area contributed by atoms with Crippen LogP contribution in [0.5, 0.6) is 0 Å². The third-order valence-corrected chi connectivity index (χ3v) is 3.89. The van der Waals surface area contributed by atoms with Gasteiger partial charge in [0.15, 0.2) is 0 Å². The summed E-state index contributed by atoms with van der Waals surface area (Å²) in [6.45, 7) is 1.93. The highest BCUT2D eigenvalue weighted by molar-refractivity contribution is 7.14. The van der Waals surface area contributed by atoms with Crippen LogP contribution in [0.1, 0.15) is 29.6 Å². The number of nitrogens with two attached hydrogens (primary N) is 1. The Kier molecular flexibility index (Phi) is 4.33. The summed E-state index contributed by atoms with van der Waals surface area (Å²) in [5.74, 6) is -0.171. The van der Waals surface area contributed by atoms with Gasteiger partial charge in [-0.15, -0.1) is 11.3 Å². The van der Waals surface area contributed by atoms with Gasteiger partial charge in [-0.3, -0.25) is 9.59 Å². The molecule has 5 nitrogen and oxygen atoms in total. The molecule has 18 heavy (non-hydrogen) atoms. The van der Waals surface area contributed by atoms with E-state index in [0.29, 0.717) is 22.9 Å². The number of primary amides is 1. The predicted molar refractivity (Wildman–Crippen MR) is 71.7 cm³/mol. The van der Waals surface area contributed by atoms with E-state index >= 15 is 0 Å². The summed E-state index contributed by atoms with van der Waals surface area (Å²) < 4.78 is 0. The molecule has 0 aliphatic carbocycles. The second-order valence-corrected chi connectivity index (χ2v) is 5.41. The third kappa shape index (κ3) is 3.30. The van der Waals surface area contributed by atoms with Crippen molar-refractivity contribution in [3.8, 4) is 0 Å². The fourth-order valence-corrected chi connectivity index (χ4v) is 2.95. The van der Waals surface area contributed by atoms with Gasteiger partial charge in [-0.05, 0) is 43.3 Å². The SMILES string of the molecule is NC(=O)c1ccsc1NC(=O)CC1CCCNC1. The second kappa shape index (κ2) is 5.97. The maximum absolute atomic E-state index is 11.9. The first-order valence-electron chi connectivity index (χ1n) is 6.04. The molecule has 1 fully saturated rings. The first-order chi connectivity index (χ1) is 8.66. The van der Waals surface area contributed by atoms with Crippen molar-refractivity contribution in [3.05, 3.63) is 17.0 Å². The van der Waals surface area contributed by atoms with Gasteiger partial charge in [-0.25, -0.2) is 0 Å². The highest BCUT2D eigenvalue weighted by Crippen LogP contribution is 2.23. The predicted octanol–water partition coefficient (Wildman–Crippen LogP) is 1.18. The van der Waals surface area contributed by atoms with Gasteiger partial charge >= 0.3 is 0 Å². The average Bonchev–Trinajstić information content (AvgIpc) is 2.78. The van der Waals surface area contributed by atoms with E-state index in [0.717, 1.165) is 25.9 Å². The normalized spacial score (nSPS) is 19.4. The molecule has 0 spiro atoms. The third-order valence-electron chi connectivity index (χ3n) is 3.06. The quantitative estimate of drug-likeness (QED) is 0.765. The number of anilines is 1. The lowest BCUT2D eigenvalue weighted by Gasteiger charge is -2.21. The minimum absolute atomic E-state index is 0.0475. The van der Waals surface area contributed by atoms with Crippen LogP contribution in [0, 0.1) is 5.92 Å². The first kappa shape index (κ1) is 13.0. The van der Waals surface area contributed by atoms with Crippen LogP contribution in [0.4, 0.5) is 5.00 Å². The van der Waals surface area contributed by atoms with E-state index in [1.807, 2.05) is 0 Å². The van der Waals surface area contributed by atoms with Gasteiger partial charge in [-0.2, -0.15) is 0 Å². The van der Waals surface area contributed by atoms with Crippen LogP contribution < -0.4 is 16.4 Å². The Labute approximate surface area is 110 Å². The molecule has 1 saturated heterocycles. The number of piperidine rings is 1. The highest BCUT2D eigenvalue weighted by atomic mass is 32.1. The fraction of sp³-hybridized carbons (Fsp3) is 0.500. The van der Waals surface area contributed by atoms with Gasteiger partial charge in [-0.1, -0.05) is 0 Å². The van der Waals surface area contributed by atoms with Crippen molar-refractivity contribution in [2.24, 2.45) is 11.7 Å². The van der Waals surface area contributed by atoms with Crippen molar-refractivity contribution in [2.45, 2.75) is 19.3 Å². The molecule has 2 amide bonds. The number of hydrogen-bond acceptors (Lipinski definition) is 4. The Hall–Kier alpha value is -1.40. The summed E-state index contributed by atoms with van der Waals surface area (Å²) >= 11 is 1.32. The van der Waals surface area contributed by atoms with E-state index in [1.165, 1.54) is 11.3 Å². The number of amides is 2. The minimum atomic E-state index is -0.508. The fourth-order valence-electron chi connectivity index (χ4n) is 2.14. The van der Waals surface area contributed by atoms with Crippen molar-refractivity contribution in [3.63, 3.8) is 0 Å². The molecule has 1 aliphatic heterocycles. The van der Waals surface area contributed by atoms with Crippen LogP contribution in [0.3, 0.4) is 0 Å². The van der Waals surface area contributed by atoms with Gasteiger partial charge in [0, 0.05) is 6.42 Å². The molecule has 2 heterocycles. The van der Waals surface area contributed by atoms with Crippen LogP contribution in [0.25, 0.3) is 0 Å². The van der Waals surface area contributed by atoms with Crippen LogP contribution >= 0.6 is 11.3 Å². The second-order valence-electron chi connectivity index (χ2n) is 4.49. The maximum atomic E-state index is 11.9. The molecule has 1 unspecified atom stereocenters. The Bertz CT molecular complexity index is 438. The molecule has 0 aromatic carbocycles. The summed E-state index contributed by atoms with van der Waals surface area (Å²) in [6.07, 6.45) is 2.68. The van der Waals surface area contributed by atoms with E-state index in [9.17, 15) is 9.59 Å². The maximum Gasteiger partial charge on any atom is 0.251 e. The van der Waals surface area contributed by atoms with Crippen molar-refractivity contribution < 1.29 is 9.59 Å². The largest absolute Gasteiger partial charge is 0.366 e. The number of carbonyl (C=O) groups excluding carboxylic acids is 2. The van der Waals surface area contributed by atoms with Gasteiger partial charge in [0.05, 0.1) is 5.56 Å². The summed E-state index contributed by atoms with van der Waals surface area (Å²) in [5.41, 5.74) is 5.61. The van der Waals surface area contributed by atoms with Crippen molar-refractivity contribution in [1.29, 1.82) is 0 Å². The molecule has 2 rings (SSSR count). The topological polar surface area (TPSA) is 84.2 Å². The zero-order valence-corrected chi connectivity index (χ0v) is 10.9. The van der Waals surface area contributed by atoms with Gasteiger partial charge in [0.1, 0.15) is 5.00 Å². The molecule has 1 atom stereocenters. The molecule has 0 bridgehead atoms. The van der Waals surface area contributed by atoms with E-state index in [4.69, 9.17) is 5.73 Å². The molecule has 0 saturated carbocycles. The van der Waals surface area contributed by atoms with E-state index in [1.54, 1.807) is 11.4 Å². The molecular formula is C12H17N3O2S. The average molecular weight is 267 g/mol. The first-order valence-corrected chi connectivity index (χ1v) is 6.92.